The summed E-state index contributed by atoms with van der Waals surface area (Å²) in [7, 11) is 1.68. The third kappa shape index (κ3) is 8.87. The second-order valence-electron chi connectivity index (χ2n) is 13.5. The largest absolute Gasteiger partial charge is 0.486 e. The van der Waals surface area contributed by atoms with Crippen molar-refractivity contribution in [3.63, 3.8) is 0 Å². The fourth-order valence-electron chi connectivity index (χ4n) is 6.00. The zero-order valence-electron chi connectivity index (χ0n) is 29.1. The second kappa shape index (κ2) is 15.3. The van der Waals surface area contributed by atoms with Crippen LogP contribution in [0.2, 0.25) is 0 Å². The lowest BCUT2D eigenvalue weighted by Crippen LogP contribution is -2.42. The van der Waals surface area contributed by atoms with Crippen LogP contribution < -0.4 is 18.7 Å². The Bertz CT molecular complexity index is 1830. The summed E-state index contributed by atoms with van der Waals surface area (Å²) in [6.07, 6.45) is 4.37. The summed E-state index contributed by atoms with van der Waals surface area (Å²) in [6.45, 7) is 12.6. The molecule has 10 heteroatoms. The van der Waals surface area contributed by atoms with Crippen LogP contribution in [0.1, 0.15) is 49.7 Å². The Labute approximate surface area is 293 Å². The molecule has 1 atom stereocenters. The van der Waals surface area contributed by atoms with Gasteiger partial charge in [0.1, 0.15) is 25.8 Å². The molecule has 0 aliphatic carbocycles. The van der Waals surface area contributed by atoms with Gasteiger partial charge in [0, 0.05) is 29.3 Å². The van der Waals surface area contributed by atoms with E-state index in [1.165, 1.54) is 11.9 Å². The number of nitrogens with zero attached hydrogens (tertiary/aromatic N) is 6. The van der Waals surface area contributed by atoms with E-state index in [9.17, 15) is 0 Å². The number of aryl methyl sites for hydroxylation is 2. The monoisotopic (exact) mass is 676 g/mol. The zero-order valence-corrected chi connectivity index (χ0v) is 29.9. The first-order chi connectivity index (χ1) is 23.6. The molecule has 254 valence electrons. The number of benzene rings is 3. The van der Waals surface area contributed by atoms with Crippen LogP contribution in [0, 0.1) is 19.3 Å². The Hall–Kier alpha value is -4.67. The molecule has 9 nitrogen and oxygen atoms in total. The summed E-state index contributed by atoms with van der Waals surface area (Å²) in [5.41, 5.74) is 6.34. The van der Waals surface area contributed by atoms with Crippen LogP contribution in [0.5, 0.6) is 11.6 Å². The van der Waals surface area contributed by atoms with Gasteiger partial charge in [0.05, 0.1) is 30.7 Å². The topological polar surface area (TPSA) is 85.7 Å². The average molecular weight is 677 g/mol. The molecule has 0 saturated heterocycles. The maximum absolute atomic E-state index is 6.65. The molecular formula is C39H44N6O3S. The zero-order chi connectivity index (χ0) is 34.4. The number of fused-ring (bicyclic) bond motifs is 4. The summed E-state index contributed by atoms with van der Waals surface area (Å²) in [6, 6.07) is 26.8. The van der Waals surface area contributed by atoms with Gasteiger partial charge in [-0.1, -0.05) is 75.4 Å². The average Bonchev–Trinajstić information content (AvgIpc) is 3.08. The quantitative estimate of drug-likeness (QED) is 0.142. The van der Waals surface area contributed by atoms with Crippen LogP contribution in [-0.2, 0) is 17.9 Å². The number of aromatic nitrogens is 4. The minimum atomic E-state index is -0.0191. The van der Waals surface area contributed by atoms with Crippen molar-refractivity contribution in [3.8, 4) is 22.9 Å². The highest BCUT2D eigenvalue weighted by molar-refractivity contribution is 8.00. The number of hydrogen-bond acceptors (Lipinski definition) is 10. The van der Waals surface area contributed by atoms with Crippen LogP contribution in [0.3, 0.4) is 0 Å². The van der Waals surface area contributed by atoms with Crippen LogP contribution in [0.25, 0.3) is 11.3 Å². The molecule has 3 heterocycles. The summed E-state index contributed by atoms with van der Waals surface area (Å²) in [5.74, 6) is 2.37. The van der Waals surface area contributed by atoms with Crippen molar-refractivity contribution in [1.82, 2.24) is 19.9 Å². The van der Waals surface area contributed by atoms with Crippen molar-refractivity contribution in [2.24, 2.45) is 5.41 Å². The number of anilines is 2. The van der Waals surface area contributed by atoms with Crippen molar-refractivity contribution in [2.45, 2.75) is 65.1 Å². The molecule has 0 saturated carbocycles. The van der Waals surface area contributed by atoms with Gasteiger partial charge in [-0.05, 0) is 72.5 Å². The standard InChI is InChI=1S/C39H44N6O3S/c1-27-12-10-13-28(2)37(27)34-19-36-43-38(42-34)45(26-46-6)49-33-17-11-16-30(18-33)44(31(25-48-36)20-39(3,4)5)23-35-40-21-32(22-41-35)47-24-29-14-8-7-9-15-29/h7-19,21-22,31H,20,23-26H2,1-6H3. The lowest BCUT2D eigenvalue weighted by Gasteiger charge is -2.37. The Kier molecular flexibility index (Phi) is 10.7. The molecule has 4 bridgehead atoms. The van der Waals surface area contributed by atoms with Gasteiger partial charge < -0.3 is 19.1 Å². The van der Waals surface area contributed by atoms with Crippen LogP contribution in [0.4, 0.5) is 11.6 Å². The van der Waals surface area contributed by atoms with E-state index >= 15 is 0 Å². The molecule has 3 aromatic carbocycles. The van der Waals surface area contributed by atoms with E-state index in [1.54, 1.807) is 19.5 Å². The Morgan fingerprint density at radius 1 is 0.898 bits per heavy atom. The van der Waals surface area contributed by atoms with Crippen molar-refractivity contribution >= 4 is 23.6 Å². The molecule has 6 rings (SSSR count). The molecule has 1 unspecified atom stereocenters. The summed E-state index contributed by atoms with van der Waals surface area (Å²) >= 11 is 1.53. The first kappa shape index (κ1) is 34.2. The van der Waals surface area contributed by atoms with Gasteiger partial charge in [-0.3, -0.25) is 4.31 Å². The van der Waals surface area contributed by atoms with Gasteiger partial charge in [0.2, 0.25) is 11.8 Å². The summed E-state index contributed by atoms with van der Waals surface area (Å²) < 4.78 is 20.2. The molecule has 0 fully saturated rings. The number of hydrogen-bond donors (Lipinski definition) is 0. The lowest BCUT2D eigenvalue weighted by molar-refractivity contribution is 0.209. The molecule has 0 N–H and O–H groups in total. The first-order valence-electron chi connectivity index (χ1n) is 16.5. The van der Waals surface area contributed by atoms with E-state index in [1.807, 2.05) is 40.7 Å². The van der Waals surface area contributed by atoms with E-state index in [-0.39, 0.29) is 18.2 Å². The molecule has 49 heavy (non-hydrogen) atoms. The highest BCUT2D eigenvalue weighted by Crippen LogP contribution is 2.36. The summed E-state index contributed by atoms with van der Waals surface area (Å²) in [4.78, 5) is 22.8. The maximum atomic E-state index is 6.65. The van der Waals surface area contributed by atoms with Gasteiger partial charge in [-0.25, -0.2) is 15.0 Å². The fraction of sp³-hybridized carbons (Fsp3) is 0.333. The van der Waals surface area contributed by atoms with Gasteiger partial charge in [-0.15, -0.1) is 0 Å². The predicted octanol–water partition coefficient (Wildman–Crippen LogP) is 8.45. The third-order valence-corrected chi connectivity index (χ3v) is 9.17. The van der Waals surface area contributed by atoms with Crippen LogP contribution >= 0.6 is 11.9 Å². The van der Waals surface area contributed by atoms with Gasteiger partial charge >= 0.3 is 0 Å². The third-order valence-electron chi connectivity index (χ3n) is 8.22. The van der Waals surface area contributed by atoms with E-state index < -0.39 is 0 Å². The van der Waals surface area contributed by atoms with Gasteiger partial charge in [0.25, 0.3) is 0 Å². The lowest BCUT2D eigenvalue weighted by atomic mass is 9.87. The number of ether oxygens (including phenoxy) is 3. The molecule has 0 radical (unpaired) electrons. The van der Waals surface area contributed by atoms with Crippen molar-refractivity contribution < 1.29 is 14.2 Å². The molecular weight excluding hydrogens is 633 g/mol. The minimum Gasteiger partial charge on any atom is -0.486 e. The highest BCUT2D eigenvalue weighted by Gasteiger charge is 2.28. The molecule has 2 aromatic heterocycles. The van der Waals surface area contributed by atoms with Crippen LogP contribution in [0.15, 0.2) is 96.2 Å². The number of methoxy groups -OCH3 is 1. The maximum Gasteiger partial charge on any atom is 0.241 e. The Balaban J connectivity index is 1.36. The normalized spacial score (nSPS) is 14.9. The highest BCUT2D eigenvalue weighted by atomic mass is 32.2. The number of rotatable bonds is 9. The smallest absolute Gasteiger partial charge is 0.241 e. The van der Waals surface area contributed by atoms with Gasteiger partial charge in [0.15, 0.2) is 5.75 Å². The molecule has 5 aromatic rings. The van der Waals surface area contributed by atoms with E-state index in [4.69, 9.17) is 34.1 Å². The molecule has 0 spiro atoms. The molecule has 1 aliphatic heterocycles. The van der Waals surface area contributed by atoms with Crippen LogP contribution in [-0.4, -0.2) is 46.4 Å². The first-order valence-corrected chi connectivity index (χ1v) is 17.3. The second-order valence-corrected chi connectivity index (χ2v) is 14.6. The fourth-order valence-corrected chi connectivity index (χ4v) is 6.89. The SMILES string of the molecule is COCN1Sc2cccc(c2)N(Cc2ncc(OCc3ccccc3)cn2)C(CC(C)(C)C)COc2cc(-c3c(C)cccc3C)nc1n2. The van der Waals surface area contributed by atoms with E-state index in [0.717, 1.165) is 45.0 Å². The summed E-state index contributed by atoms with van der Waals surface area (Å²) in [5, 5.41) is 0. The van der Waals surface area contributed by atoms with Crippen molar-refractivity contribution in [3.05, 3.63) is 114 Å². The minimum absolute atomic E-state index is 0.0151. The van der Waals surface area contributed by atoms with E-state index in [0.29, 0.717) is 43.2 Å². The Morgan fingerprint density at radius 2 is 1.63 bits per heavy atom. The molecule has 0 amide bonds. The Morgan fingerprint density at radius 3 is 2.35 bits per heavy atom. The van der Waals surface area contributed by atoms with Crippen molar-refractivity contribution in [2.75, 3.05) is 29.7 Å². The molecule has 1 aliphatic rings. The van der Waals surface area contributed by atoms with Crippen molar-refractivity contribution in [1.29, 1.82) is 0 Å². The predicted molar refractivity (Wildman–Crippen MR) is 196 cm³/mol. The van der Waals surface area contributed by atoms with E-state index in [2.05, 4.69) is 82.0 Å². The van der Waals surface area contributed by atoms with Gasteiger partial charge in [-0.2, -0.15) is 4.98 Å².